The van der Waals surface area contributed by atoms with E-state index in [0.29, 0.717) is 17.9 Å². The lowest BCUT2D eigenvalue weighted by molar-refractivity contribution is -0.687. The highest BCUT2D eigenvalue weighted by Crippen LogP contribution is 2.40. The smallest absolute Gasteiger partial charge is 0.352 e. The van der Waals surface area contributed by atoms with Crippen molar-refractivity contribution >= 4 is 51.9 Å². The van der Waals surface area contributed by atoms with E-state index >= 15 is 0 Å². The Hall–Kier alpha value is -3.82. The molecular weight excluding hydrogens is 510 g/mol. The number of hydrogen-bond acceptors (Lipinski definition) is 11. The van der Waals surface area contributed by atoms with Gasteiger partial charge in [-0.25, -0.2) is 9.36 Å². The number of anilines is 1. The molecule has 2 aromatic heterocycles. The van der Waals surface area contributed by atoms with Crippen molar-refractivity contribution in [2.24, 2.45) is 5.16 Å². The highest BCUT2D eigenvalue weighted by molar-refractivity contribution is 8.00. The van der Waals surface area contributed by atoms with E-state index in [0.717, 1.165) is 17.1 Å². The number of aromatic nitrogens is 3. The lowest BCUT2D eigenvalue weighted by Gasteiger charge is -2.49. The van der Waals surface area contributed by atoms with Crippen LogP contribution in [0.3, 0.4) is 0 Å². The van der Waals surface area contributed by atoms with Gasteiger partial charge < -0.3 is 26.1 Å². The lowest BCUT2D eigenvalue weighted by atomic mass is 10.0. The molecule has 2 atom stereocenters. The highest BCUT2D eigenvalue weighted by Gasteiger charge is 2.54. The fourth-order valence-electron chi connectivity index (χ4n) is 3.62. The summed E-state index contributed by atoms with van der Waals surface area (Å²) >= 11 is 2.21. The number of aliphatic hydroxyl groups excluding tert-OH is 1. The molecule has 1 fully saturated rings. The van der Waals surface area contributed by atoms with Crippen LogP contribution in [-0.4, -0.2) is 72.2 Å². The molecule has 2 amide bonds. The molecule has 0 saturated carbocycles. The molecule has 0 bridgehead atoms. The van der Waals surface area contributed by atoms with E-state index in [1.807, 2.05) is 4.57 Å². The van der Waals surface area contributed by atoms with E-state index in [2.05, 4.69) is 19.8 Å². The van der Waals surface area contributed by atoms with Crippen LogP contribution in [0.25, 0.3) is 0 Å². The van der Waals surface area contributed by atoms with E-state index in [1.54, 1.807) is 36.7 Å². The molecule has 2 aromatic rings. The minimum Gasteiger partial charge on any atom is -0.477 e. The monoisotopic (exact) mass is 532 g/mol. The average molecular weight is 533 g/mol. The van der Waals surface area contributed by atoms with E-state index < -0.39 is 29.2 Å². The SMILES string of the molecule is CON=C(C(=O)NC1C(=O)N2C(C(=O)O)=C(C=CC[n+]3ccc(CO)cc3)CS[C@@H]12)c1nsc(N)n1. The number of aliphatic carboxylic acids is 1. The van der Waals surface area contributed by atoms with Gasteiger partial charge in [0.25, 0.3) is 11.8 Å². The van der Waals surface area contributed by atoms with Crippen LogP contribution in [-0.2, 0) is 32.4 Å². The van der Waals surface area contributed by atoms with Gasteiger partial charge in [0.05, 0.1) is 6.61 Å². The van der Waals surface area contributed by atoms with Crippen LogP contribution in [0.5, 0.6) is 0 Å². The molecule has 1 saturated heterocycles. The number of nitrogen functional groups attached to an aromatic ring is 1. The Labute approximate surface area is 213 Å². The highest BCUT2D eigenvalue weighted by atomic mass is 32.2. The summed E-state index contributed by atoms with van der Waals surface area (Å²) in [7, 11) is 1.25. The first-order valence-corrected chi connectivity index (χ1v) is 12.3. The van der Waals surface area contributed by atoms with Gasteiger partial charge in [-0.15, -0.1) is 11.8 Å². The van der Waals surface area contributed by atoms with Gasteiger partial charge in [-0.05, 0) is 17.2 Å². The summed E-state index contributed by atoms with van der Waals surface area (Å²) in [5.74, 6) is -2.25. The molecule has 2 aliphatic rings. The number of β-lactam (4-membered cyclic amide) rings is 1. The minimum atomic E-state index is -1.23. The lowest BCUT2D eigenvalue weighted by Crippen LogP contribution is -2.71. The van der Waals surface area contributed by atoms with Gasteiger partial charge >= 0.3 is 5.97 Å². The third-order valence-electron chi connectivity index (χ3n) is 5.32. The number of carbonyl (C=O) groups excluding carboxylic acids is 2. The molecule has 188 valence electrons. The van der Waals surface area contributed by atoms with Crippen molar-refractivity contribution in [3.63, 3.8) is 0 Å². The maximum atomic E-state index is 12.9. The molecule has 0 radical (unpaired) electrons. The van der Waals surface area contributed by atoms with Gasteiger partial charge in [0.2, 0.25) is 11.5 Å². The fourth-order valence-corrected chi connectivity index (χ4v) is 5.37. The quantitative estimate of drug-likeness (QED) is 0.139. The second-order valence-electron chi connectivity index (χ2n) is 7.58. The van der Waals surface area contributed by atoms with Gasteiger partial charge in [0, 0.05) is 29.4 Å². The number of carboxylic acid groups (broad SMARTS) is 1. The third-order valence-corrected chi connectivity index (χ3v) is 7.16. The zero-order chi connectivity index (χ0) is 25.8. The van der Waals surface area contributed by atoms with Crippen molar-refractivity contribution in [1.29, 1.82) is 0 Å². The molecule has 13 nitrogen and oxygen atoms in total. The van der Waals surface area contributed by atoms with Crippen molar-refractivity contribution in [3.8, 4) is 0 Å². The number of nitrogens with two attached hydrogens (primary N) is 1. The summed E-state index contributed by atoms with van der Waals surface area (Å²) in [6, 6.07) is 2.61. The Kier molecular flexibility index (Phi) is 7.61. The molecule has 5 N–H and O–H groups in total. The Morgan fingerprint density at radius 1 is 1.42 bits per heavy atom. The maximum absolute atomic E-state index is 12.9. The minimum absolute atomic E-state index is 0.0424. The van der Waals surface area contributed by atoms with Crippen LogP contribution < -0.4 is 15.6 Å². The van der Waals surface area contributed by atoms with Gasteiger partial charge in [-0.1, -0.05) is 11.2 Å². The molecular formula is C21H22N7O6S2+. The molecule has 4 rings (SSSR count). The first-order chi connectivity index (χ1) is 17.3. The van der Waals surface area contributed by atoms with Crippen LogP contribution in [0.2, 0.25) is 0 Å². The van der Waals surface area contributed by atoms with Crippen molar-refractivity contribution in [2.75, 3.05) is 18.6 Å². The Morgan fingerprint density at radius 2 is 2.17 bits per heavy atom. The second-order valence-corrected chi connectivity index (χ2v) is 9.47. The van der Waals surface area contributed by atoms with E-state index in [1.165, 1.54) is 23.8 Å². The number of fused-ring (bicyclic) bond motifs is 1. The number of nitrogens with zero attached hydrogens (tertiary/aromatic N) is 5. The molecule has 0 aromatic carbocycles. The number of thioether (sulfide) groups is 1. The molecule has 15 heteroatoms. The van der Waals surface area contributed by atoms with Crippen molar-refractivity contribution in [1.82, 2.24) is 19.6 Å². The molecule has 2 aliphatic heterocycles. The number of aliphatic hydroxyl groups is 1. The first kappa shape index (κ1) is 25.3. The van der Waals surface area contributed by atoms with Gasteiger partial charge in [-0.2, -0.15) is 9.36 Å². The first-order valence-electron chi connectivity index (χ1n) is 10.5. The van der Waals surface area contributed by atoms with Gasteiger partial charge in [0.1, 0.15) is 24.2 Å². The summed E-state index contributed by atoms with van der Waals surface area (Å²) in [6.45, 7) is 0.422. The number of carboxylic acids is 1. The molecule has 0 spiro atoms. The number of rotatable bonds is 9. The predicted molar refractivity (Wildman–Crippen MR) is 129 cm³/mol. The molecule has 0 aliphatic carbocycles. The summed E-state index contributed by atoms with van der Waals surface area (Å²) in [4.78, 5) is 47.5. The predicted octanol–water partition coefficient (Wildman–Crippen LogP) is -0.754. The Morgan fingerprint density at radius 3 is 2.78 bits per heavy atom. The molecule has 36 heavy (non-hydrogen) atoms. The zero-order valence-electron chi connectivity index (χ0n) is 18.9. The third kappa shape index (κ3) is 5.07. The number of carbonyl (C=O) groups is 3. The molecule has 1 unspecified atom stereocenters. The van der Waals surface area contributed by atoms with E-state index in [4.69, 9.17) is 15.7 Å². The van der Waals surface area contributed by atoms with Gasteiger partial charge in [-0.3, -0.25) is 14.5 Å². The topological polar surface area (TPSA) is 184 Å². The van der Waals surface area contributed by atoms with Crippen molar-refractivity contribution in [2.45, 2.75) is 24.6 Å². The normalized spacial score (nSPS) is 19.8. The van der Waals surface area contributed by atoms with Crippen LogP contribution in [0.15, 0.2) is 53.1 Å². The number of allylic oxidation sites excluding steroid dienone is 2. The van der Waals surface area contributed by atoms with Crippen molar-refractivity contribution < 1.29 is 34.0 Å². The van der Waals surface area contributed by atoms with E-state index in [-0.39, 0.29) is 29.0 Å². The summed E-state index contributed by atoms with van der Waals surface area (Å²) < 4.78 is 5.80. The molecule has 4 heterocycles. The van der Waals surface area contributed by atoms with E-state index in [9.17, 15) is 19.5 Å². The summed E-state index contributed by atoms with van der Waals surface area (Å²) in [6.07, 6.45) is 7.08. The zero-order valence-corrected chi connectivity index (χ0v) is 20.5. The fraction of sp³-hybridized carbons (Fsp3) is 0.286. The number of hydrogen-bond donors (Lipinski definition) is 4. The average Bonchev–Trinajstić information content (AvgIpc) is 3.31. The largest absolute Gasteiger partial charge is 0.477 e. The van der Waals surface area contributed by atoms with Crippen LogP contribution in [0.4, 0.5) is 5.13 Å². The number of amides is 2. The van der Waals surface area contributed by atoms with Crippen molar-refractivity contribution in [3.05, 3.63) is 59.3 Å². The standard InChI is InChI=1S/C21H21N7O6S2/c1-34-25-13(16-24-21(22)36-26-16)17(30)23-14-18(31)28-15(20(32)33)12(10-35-19(14)28)3-2-6-27-7-4-11(9-29)5-8-27/h2-5,7-8,14,19,29H,6,9-10H2,1H3,(H3-,22,23,24,26,30,32,33)/p+1/t14?,19-/m0/s1. The summed E-state index contributed by atoms with van der Waals surface area (Å²) in [5.41, 5.74) is 6.47. The number of oxime groups is 1. The second kappa shape index (κ2) is 10.8. The Balaban J connectivity index is 1.47. The number of pyridine rings is 1. The Bertz CT molecular complexity index is 1270. The van der Waals surface area contributed by atoms with Gasteiger partial charge in [0.15, 0.2) is 24.1 Å². The van der Waals surface area contributed by atoms with Crippen LogP contribution in [0, 0.1) is 0 Å². The summed E-state index contributed by atoms with van der Waals surface area (Å²) in [5, 5.41) is 24.7. The van der Waals surface area contributed by atoms with Crippen LogP contribution in [0.1, 0.15) is 11.4 Å². The maximum Gasteiger partial charge on any atom is 0.352 e. The number of nitrogens with one attached hydrogen (secondary N) is 1. The van der Waals surface area contributed by atoms with Crippen LogP contribution >= 0.6 is 23.3 Å².